The smallest absolute Gasteiger partial charge is 0.301 e. The Balaban J connectivity index is 1.71. The van der Waals surface area contributed by atoms with E-state index in [9.17, 15) is 25.3 Å². The third-order valence-corrected chi connectivity index (χ3v) is 6.23. The van der Waals surface area contributed by atoms with Crippen molar-refractivity contribution in [1.29, 1.82) is 0 Å². The number of nitro benzene ring substituents is 2. The van der Waals surface area contributed by atoms with Gasteiger partial charge in [-0.3, -0.25) is 25.2 Å². The Morgan fingerprint density at radius 1 is 0.943 bits per heavy atom. The average molecular weight is 489 g/mol. The van der Waals surface area contributed by atoms with Crippen molar-refractivity contribution in [3.8, 4) is 5.75 Å². The molecular formula is C25H17ClN4O5. The van der Waals surface area contributed by atoms with Crippen LogP contribution in [0, 0.1) is 20.2 Å². The zero-order valence-corrected chi connectivity index (χ0v) is 18.8. The van der Waals surface area contributed by atoms with Crippen molar-refractivity contribution < 1.29 is 15.0 Å². The number of hydrogen-bond acceptors (Lipinski definition) is 7. The molecule has 1 atom stereocenters. The second kappa shape index (κ2) is 8.69. The van der Waals surface area contributed by atoms with E-state index >= 15 is 0 Å². The van der Waals surface area contributed by atoms with E-state index < -0.39 is 27.3 Å². The number of hydrogen-bond donors (Lipinski definition) is 1. The number of nitrogens with zero attached hydrogens (tertiary/aromatic N) is 4. The first kappa shape index (κ1) is 22.3. The van der Waals surface area contributed by atoms with Crippen molar-refractivity contribution in [2.24, 2.45) is 5.10 Å². The zero-order chi connectivity index (χ0) is 24.7. The molecule has 0 amide bonds. The van der Waals surface area contributed by atoms with Crippen LogP contribution in [0.25, 0.3) is 10.8 Å². The highest BCUT2D eigenvalue weighted by molar-refractivity contribution is 6.30. The van der Waals surface area contributed by atoms with Crippen LogP contribution in [0.5, 0.6) is 5.75 Å². The molecule has 1 aliphatic heterocycles. The Labute approximate surface area is 203 Å². The molecule has 0 saturated heterocycles. The average Bonchev–Trinajstić information content (AvgIpc) is 3.28. The Morgan fingerprint density at radius 2 is 1.69 bits per heavy atom. The Hall–Kier alpha value is -4.50. The van der Waals surface area contributed by atoms with Crippen molar-refractivity contribution >= 4 is 45.1 Å². The fourth-order valence-corrected chi connectivity index (χ4v) is 4.48. The lowest BCUT2D eigenvalue weighted by Crippen LogP contribution is -2.19. The normalized spacial score (nSPS) is 15.3. The predicted octanol–water partition coefficient (Wildman–Crippen LogP) is 6.37. The van der Waals surface area contributed by atoms with Gasteiger partial charge >= 0.3 is 5.69 Å². The Bertz CT molecular complexity index is 1520. The lowest BCUT2D eigenvalue weighted by Gasteiger charge is -2.23. The minimum Gasteiger partial charge on any atom is -0.507 e. The minimum absolute atomic E-state index is 0.0392. The van der Waals surface area contributed by atoms with E-state index in [2.05, 4.69) is 0 Å². The number of benzene rings is 4. The number of hydrazone groups is 1. The number of non-ortho nitro benzene ring substituents is 1. The van der Waals surface area contributed by atoms with E-state index in [1.165, 1.54) is 17.1 Å². The molecule has 0 radical (unpaired) electrons. The summed E-state index contributed by atoms with van der Waals surface area (Å²) in [6, 6.07) is 21.0. The lowest BCUT2D eigenvalue weighted by molar-refractivity contribution is -0.393. The molecule has 1 heterocycles. The van der Waals surface area contributed by atoms with Crippen molar-refractivity contribution in [2.75, 3.05) is 5.01 Å². The molecule has 174 valence electrons. The minimum atomic E-state index is -0.680. The maximum atomic E-state index is 11.9. The van der Waals surface area contributed by atoms with Crippen LogP contribution in [-0.2, 0) is 0 Å². The summed E-state index contributed by atoms with van der Waals surface area (Å²) >= 11 is 6.07. The summed E-state index contributed by atoms with van der Waals surface area (Å²) in [5, 5.41) is 42.3. The summed E-state index contributed by atoms with van der Waals surface area (Å²) in [6.07, 6.45) is 0.331. The maximum Gasteiger partial charge on any atom is 0.301 e. The van der Waals surface area contributed by atoms with Crippen LogP contribution in [0.2, 0.25) is 5.02 Å². The standard InChI is InChI=1S/C25H17ClN4O5/c26-17-8-5-16(6-9-17)22-14-20(25-19-4-2-1-3-15(19)7-12-24(25)31)27-28(22)21-11-10-18(29(32)33)13-23(21)30(34)35/h1-13,22,31H,14H2/t22-/m1/s1. The largest absolute Gasteiger partial charge is 0.507 e. The van der Waals surface area contributed by atoms with Gasteiger partial charge in [-0.15, -0.1) is 0 Å². The van der Waals surface area contributed by atoms with Crippen LogP contribution in [0.3, 0.4) is 0 Å². The summed E-state index contributed by atoms with van der Waals surface area (Å²) in [6.45, 7) is 0. The highest BCUT2D eigenvalue weighted by Gasteiger charge is 2.35. The monoisotopic (exact) mass is 488 g/mol. The molecule has 0 fully saturated rings. The third kappa shape index (κ3) is 4.02. The second-order valence-corrected chi connectivity index (χ2v) is 8.47. The Morgan fingerprint density at radius 3 is 2.40 bits per heavy atom. The fourth-order valence-electron chi connectivity index (χ4n) is 4.36. The van der Waals surface area contributed by atoms with Crippen molar-refractivity contribution in [3.63, 3.8) is 0 Å². The quantitative estimate of drug-likeness (QED) is 0.257. The first-order chi connectivity index (χ1) is 16.8. The topological polar surface area (TPSA) is 122 Å². The third-order valence-electron chi connectivity index (χ3n) is 5.97. The van der Waals surface area contributed by atoms with E-state index in [0.29, 0.717) is 22.7 Å². The van der Waals surface area contributed by atoms with Crippen LogP contribution in [0.4, 0.5) is 17.1 Å². The molecule has 0 aromatic heterocycles. The molecule has 0 saturated carbocycles. The van der Waals surface area contributed by atoms with E-state index in [-0.39, 0.29) is 11.4 Å². The molecule has 10 heteroatoms. The van der Waals surface area contributed by atoms with Crippen LogP contribution < -0.4 is 5.01 Å². The first-order valence-corrected chi connectivity index (χ1v) is 11.0. The van der Waals surface area contributed by atoms with E-state index in [1.807, 2.05) is 24.3 Å². The number of anilines is 1. The number of phenols is 1. The predicted molar refractivity (Wildman–Crippen MR) is 133 cm³/mol. The SMILES string of the molecule is O=[N+]([O-])c1ccc(N2N=C(c3c(O)ccc4ccccc34)C[C@@H]2c2ccc(Cl)cc2)c([N+](=O)[O-])c1. The number of nitro groups is 2. The van der Waals surface area contributed by atoms with Gasteiger partial charge in [-0.25, -0.2) is 0 Å². The van der Waals surface area contributed by atoms with E-state index in [1.54, 1.807) is 36.4 Å². The molecular weight excluding hydrogens is 472 g/mol. The molecule has 0 spiro atoms. The molecule has 1 aliphatic rings. The van der Waals surface area contributed by atoms with Gasteiger partial charge in [0.05, 0.1) is 27.7 Å². The number of halogens is 1. The lowest BCUT2D eigenvalue weighted by atomic mass is 9.94. The van der Waals surface area contributed by atoms with Gasteiger partial charge in [-0.2, -0.15) is 5.10 Å². The molecule has 0 unspecified atom stereocenters. The number of aromatic hydroxyl groups is 1. The van der Waals surface area contributed by atoms with Gasteiger partial charge < -0.3 is 5.11 Å². The summed E-state index contributed by atoms with van der Waals surface area (Å²) in [5.41, 5.74) is 1.14. The fraction of sp³-hybridized carbons (Fsp3) is 0.0800. The summed E-state index contributed by atoms with van der Waals surface area (Å²) in [7, 11) is 0. The van der Waals surface area contributed by atoms with Gasteiger partial charge in [-0.05, 0) is 40.6 Å². The van der Waals surface area contributed by atoms with E-state index in [4.69, 9.17) is 16.7 Å². The van der Waals surface area contributed by atoms with Crippen molar-refractivity contribution in [2.45, 2.75) is 12.5 Å². The van der Waals surface area contributed by atoms with Crippen molar-refractivity contribution in [1.82, 2.24) is 0 Å². The second-order valence-electron chi connectivity index (χ2n) is 8.03. The van der Waals surface area contributed by atoms with E-state index in [0.717, 1.165) is 22.4 Å². The van der Waals surface area contributed by atoms with Gasteiger partial charge in [0.25, 0.3) is 5.69 Å². The maximum absolute atomic E-state index is 11.9. The van der Waals surface area contributed by atoms with Crippen LogP contribution in [0.15, 0.2) is 84.0 Å². The van der Waals surface area contributed by atoms with Crippen LogP contribution in [-0.4, -0.2) is 20.7 Å². The molecule has 4 aromatic rings. The number of phenolic OH excluding ortho intramolecular Hbond substituents is 1. The highest BCUT2D eigenvalue weighted by Crippen LogP contribution is 2.43. The molecule has 9 nitrogen and oxygen atoms in total. The summed E-state index contributed by atoms with van der Waals surface area (Å²) in [5.74, 6) is 0.0392. The molecule has 1 N–H and O–H groups in total. The Kier molecular flexibility index (Phi) is 5.54. The molecule has 5 rings (SSSR count). The van der Waals surface area contributed by atoms with Gasteiger partial charge in [0, 0.05) is 23.1 Å². The first-order valence-electron chi connectivity index (χ1n) is 10.6. The number of fused-ring (bicyclic) bond motifs is 1. The van der Waals surface area contributed by atoms with Crippen molar-refractivity contribution in [3.05, 3.63) is 115 Å². The molecule has 0 bridgehead atoms. The van der Waals surface area contributed by atoms with Gasteiger partial charge in [0.2, 0.25) is 0 Å². The summed E-state index contributed by atoms with van der Waals surface area (Å²) in [4.78, 5) is 21.8. The summed E-state index contributed by atoms with van der Waals surface area (Å²) < 4.78 is 0. The molecule has 0 aliphatic carbocycles. The highest BCUT2D eigenvalue weighted by atomic mass is 35.5. The van der Waals surface area contributed by atoms with Gasteiger partial charge in [0.1, 0.15) is 11.4 Å². The van der Waals surface area contributed by atoms with Gasteiger partial charge in [-0.1, -0.05) is 54.1 Å². The van der Waals surface area contributed by atoms with Crippen LogP contribution >= 0.6 is 11.6 Å². The van der Waals surface area contributed by atoms with Gasteiger partial charge in [0.15, 0.2) is 0 Å². The molecule has 4 aromatic carbocycles. The number of rotatable bonds is 5. The zero-order valence-electron chi connectivity index (χ0n) is 18.0. The molecule has 35 heavy (non-hydrogen) atoms. The van der Waals surface area contributed by atoms with Crippen LogP contribution in [0.1, 0.15) is 23.6 Å².